The second-order valence-electron chi connectivity index (χ2n) is 5.09. The first-order valence-corrected chi connectivity index (χ1v) is 5.10. The van der Waals surface area contributed by atoms with Crippen molar-refractivity contribution in [1.82, 2.24) is 5.32 Å². The topological polar surface area (TPSA) is 78.8 Å². The number of nitrogens with one attached hydrogen (secondary N) is 1. The number of rotatable bonds is 3. The standard InChI is InChI=1S/C10H19NO4/c1-9(2,3)15-8(14)11-10(4-5-10)6-7(12)13/h7,12-13H,4-6H2,1-3H3,(H,11,14). The van der Waals surface area contributed by atoms with Gasteiger partial charge in [0.05, 0.1) is 0 Å². The number of amides is 1. The summed E-state index contributed by atoms with van der Waals surface area (Å²) in [7, 11) is 0. The Balaban J connectivity index is 2.38. The molecule has 0 saturated heterocycles. The summed E-state index contributed by atoms with van der Waals surface area (Å²) in [6, 6.07) is 0. The van der Waals surface area contributed by atoms with Gasteiger partial charge in [0.2, 0.25) is 0 Å². The molecule has 0 atom stereocenters. The molecule has 0 spiro atoms. The molecule has 0 radical (unpaired) electrons. The molecular weight excluding hydrogens is 198 g/mol. The van der Waals surface area contributed by atoms with E-state index in [4.69, 9.17) is 14.9 Å². The van der Waals surface area contributed by atoms with Crippen molar-refractivity contribution in [2.24, 2.45) is 0 Å². The van der Waals surface area contributed by atoms with Crippen molar-refractivity contribution in [3.63, 3.8) is 0 Å². The molecule has 1 amide bonds. The minimum absolute atomic E-state index is 0.159. The molecule has 1 fully saturated rings. The summed E-state index contributed by atoms with van der Waals surface area (Å²) in [5.41, 5.74) is -0.992. The molecule has 0 aliphatic heterocycles. The molecule has 15 heavy (non-hydrogen) atoms. The maximum Gasteiger partial charge on any atom is 0.408 e. The fraction of sp³-hybridized carbons (Fsp3) is 0.900. The van der Waals surface area contributed by atoms with Gasteiger partial charge in [-0.15, -0.1) is 0 Å². The molecule has 1 aliphatic carbocycles. The first kappa shape index (κ1) is 12.3. The van der Waals surface area contributed by atoms with Gasteiger partial charge in [-0.25, -0.2) is 4.79 Å². The summed E-state index contributed by atoms with van der Waals surface area (Å²) >= 11 is 0. The molecule has 0 aromatic heterocycles. The summed E-state index contributed by atoms with van der Waals surface area (Å²) in [6.45, 7) is 5.35. The third kappa shape index (κ3) is 4.48. The number of ether oxygens (including phenoxy) is 1. The van der Waals surface area contributed by atoms with E-state index < -0.39 is 23.5 Å². The highest BCUT2D eigenvalue weighted by Crippen LogP contribution is 2.39. The monoisotopic (exact) mass is 217 g/mol. The minimum atomic E-state index is -1.39. The summed E-state index contributed by atoms with van der Waals surface area (Å²) < 4.78 is 5.08. The Morgan fingerprint density at radius 1 is 1.47 bits per heavy atom. The molecule has 1 aliphatic rings. The molecule has 0 aromatic carbocycles. The number of hydrogen-bond acceptors (Lipinski definition) is 4. The van der Waals surface area contributed by atoms with E-state index >= 15 is 0 Å². The van der Waals surface area contributed by atoms with E-state index in [9.17, 15) is 4.79 Å². The molecule has 1 saturated carbocycles. The molecule has 3 N–H and O–H groups in total. The van der Waals surface area contributed by atoms with Crippen molar-refractivity contribution in [3.05, 3.63) is 0 Å². The highest BCUT2D eigenvalue weighted by Gasteiger charge is 2.46. The lowest BCUT2D eigenvalue weighted by Gasteiger charge is -2.23. The predicted octanol–water partition coefficient (Wildman–Crippen LogP) is 0.745. The van der Waals surface area contributed by atoms with Gasteiger partial charge in [0.1, 0.15) is 5.60 Å². The van der Waals surface area contributed by atoms with Gasteiger partial charge in [-0.3, -0.25) is 0 Å². The Kier molecular flexibility index (Phi) is 3.25. The van der Waals surface area contributed by atoms with Crippen LogP contribution in [0, 0.1) is 0 Å². The second-order valence-corrected chi connectivity index (χ2v) is 5.09. The number of alkyl carbamates (subject to hydrolysis) is 1. The molecule has 0 heterocycles. The average molecular weight is 217 g/mol. The summed E-state index contributed by atoms with van der Waals surface area (Å²) in [4.78, 5) is 11.4. The van der Waals surface area contributed by atoms with E-state index in [1.165, 1.54) is 0 Å². The van der Waals surface area contributed by atoms with E-state index in [1.54, 1.807) is 20.8 Å². The molecule has 0 aromatic rings. The van der Waals surface area contributed by atoms with Gasteiger partial charge in [0, 0.05) is 12.0 Å². The fourth-order valence-electron chi connectivity index (χ4n) is 1.40. The lowest BCUT2D eigenvalue weighted by Crippen LogP contribution is -2.42. The maximum absolute atomic E-state index is 11.4. The van der Waals surface area contributed by atoms with Gasteiger partial charge in [-0.2, -0.15) is 0 Å². The zero-order valence-corrected chi connectivity index (χ0v) is 9.41. The second kappa shape index (κ2) is 3.98. The highest BCUT2D eigenvalue weighted by atomic mass is 16.6. The molecule has 5 heteroatoms. The Morgan fingerprint density at radius 2 is 2.00 bits per heavy atom. The lowest BCUT2D eigenvalue weighted by atomic mass is 10.2. The van der Waals surface area contributed by atoms with Crippen LogP contribution in [0.25, 0.3) is 0 Å². The van der Waals surface area contributed by atoms with Crippen molar-refractivity contribution >= 4 is 6.09 Å². The van der Waals surface area contributed by atoms with Crippen molar-refractivity contribution in [2.45, 2.75) is 57.5 Å². The molecule has 88 valence electrons. The van der Waals surface area contributed by atoms with Crippen LogP contribution in [0.15, 0.2) is 0 Å². The van der Waals surface area contributed by atoms with Crippen molar-refractivity contribution in [3.8, 4) is 0 Å². The van der Waals surface area contributed by atoms with Crippen LogP contribution < -0.4 is 5.32 Å². The van der Waals surface area contributed by atoms with Gasteiger partial charge < -0.3 is 20.3 Å². The number of hydrogen-bond donors (Lipinski definition) is 3. The van der Waals surface area contributed by atoms with E-state index in [0.717, 1.165) is 12.8 Å². The zero-order valence-electron chi connectivity index (χ0n) is 9.41. The van der Waals surface area contributed by atoms with Crippen molar-refractivity contribution in [1.29, 1.82) is 0 Å². The molecular formula is C10H19NO4. The van der Waals surface area contributed by atoms with Crippen LogP contribution in [0.5, 0.6) is 0 Å². The fourth-order valence-corrected chi connectivity index (χ4v) is 1.40. The van der Waals surface area contributed by atoms with Crippen LogP contribution >= 0.6 is 0 Å². The Hall–Kier alpha value is -0.810. The summed E-state index contributed by atoms with van der Waals surface area (Å²) in [5.74, 6) is 0. The Labute approximate surface area is 89.4 Å². The molecule has 0 unspecified atom stereocenters. The van der Waals surface area contributed by atoms with Crippen LogP contribution in [-0.2, 0) is 4.74 Å². The SMILES string of the molecule is CC(C)(C)OC(=O)NC1(CC(O)O)CC1. The number of carbonyl (C=O) groups is 1. The normalized spacial score (nSPS) is 18.8. The molecule has 0 bridgehead atoms. The quantitative estimate of drug-likeness (QED) is 0.609. The zero-order chi connectivity index (χ0) is 11.7. The number of carbonyl (C=O) groups excluding carboxylic acids is 1. The number of aliphatic hydroxyl groups excluding tert-OH is 1. The van der Waals surface area contributed by atoms with Crippen LogP contribution in [0.4, 0.5) is 4.79 Å². The average Bonchev–Trinajstić information content (AvgIpc) is 2.61. The lowest BCUT2D eigenvalue weighted by molar-refractivity contribution is -0.0540. The molecule has 1 rings (SSSR count). The molecule has 5 nitrogen and oxygen atoms in total. The van der Waals surface area contributed by atoms with Crippen LogP contribution in [0.2, 0.25) is 0 Å². The maximum atomic E-state index is 11.4. The van der Waals surface area contributed by atoms with E-state index in [-0.39, 0.29) is 6.42 Å². The van der Waals surface area contributed by atoms with E-state index in [0.29, 0.717) is 0 Å². The van der Waals surface area contributed by atoms with E-state index in [2.05, 4.69) is 5.32 Å². The van der Waals surface area contributed by atoms with E-state index in [1.807, 2.05) is 0 Å². The summed E-state index contributed by atoms with van der Waals surface area (Å²) in [6.07, 6.45) is -0.192. The largest absolute Gasteiger partial charge is 0.444 e. The highest BCUT2D eigenvalue weighted by molar-refractivity contribution is 5.69. The van der Waals surface area contributed by atoms with Crippen LogP contribution in [0.3, 0.4) is 0 Å². The third-order valence-electron chi connectivity index (χ3n) is 2.19. The van der Waals surface area contributed by atoms with Gasteiger partial charge in [-0.05, 0) is 33.6 Å². The third-order valence-corrected chi connectivity index (χ3v) is 2.19. The summed E-state index contributed by atoms with van der Waals surface area (Å²) in [5, 5.41) is 20.3. The van der Waals surface area contributed by atoms with Gasteiger partial charge in [0.25, 0.3) is 0 Å². The minimum Gasteiger partial charge on any atom is -0.444 e. The van der Waals surface area contributed by atoms with Crippen molar-refractivity contribution < 1.29 is 19.7 Å². The Bertz CT molecular complexity index is 240. The predicted molar refractivity (Wildman–Crippen MR) is 54.2 cm³/mol. The van der Waals surface area contributed by atoms with Gasteiger partial charge in [-0.1, -0.05) is 0 Å². The van der Waals surface area contributed by atoms with Crippen LogP contribution in [0.1, 0.15) is 40.0 Å². The first-order chi connectivity index (χ1) is 6.72. The van der Waals surface area contributed by atoms with Gasteiger partial charge >= 0.3 is 6.09 Å². The van der Waals surface area contributed by atoms with Crippen LogP contribution in [-0.4, -0.2) is 33.7 Å². The number of aliphatic hydroxyl groups is 2. The first-order valence-electron chi connectivity index (χ1n) is 5.10. The Morgan fingerprint density at radius 3 is 2.33 bits per heavy atom. The van der Waals surface area contributed by atoms with Crippen molar-refractivity contribution in [2.75, 3.05) is 0 Å². The van der Waals surface area contributed by atoms with Gasteiger partial charge in [0.15, 0.2) is 6.29 Å². The smallest absolute Gasteiger partial charge is 0.408 e.